The third-order valence-electron chi connectivity index (χ3n) is 2.95. The zero-order chi connectivity index (χ0) is 16.7. The van der Waals surface area contributed by atoms with Gasteiger partial charge in [-0.3, -0.25) is 0 Å². The standard InChI is InChI=1S/C18H23N3O2/c1-18(2,3)23-17(22)19-12-5-4-7-15-8-10-16(11-9-15)21-14-6-13-20-21/h4,6-11,13-14H,5,12H2,1-3H3,(H,19,22). The van der Waals surface area contributed by atoms with Crippen LogP contribution in [0, 0.1) is 0 Å². The van der Waals surface area contributed by atoms with Crippen LogP contribution in [0.2, 0.25) is 0 Å². The molecule has 0 spiro atoms. The van der Waals surface area contributed by atoms with Crippen LogP contribution in [0.1, 0.15) is 32.8 Å². The lowest BCUT2D eigenvalue weighted by molar-refractivity contribution is 0.0529. The summed E-state index contributed by atoms with van der Waals surface area (Å²) < 4.78 is 6.99. The van der Waals surface area contributed by atoms with E-state index in [0.717, 1.165) is 17.7 Å². The zero-order valence-electron chi connectivity index (χ0n) is 13.8. The number of amides is 1. The molecule has 0 aliphatic heterocycles. The Morgan fingerprint density at radius 1 is 1.30 bits per heavy atom. The van der Waals surface area contributed by atoms with Crippen LogP contribution in [0.25, 0.3) is 11.8 Å². The van der Waals surface area contributed by atoms with Gasteiger partial charge < -0.3 is 10.1 Å². The van der Waals surface area contributed by atoms with Crippen LogP contribution < -0.4 is 5.32 Å². The summed E-state index contributed by atoms with van der Waals surface area (Å²) in [5, 5.41) is 6.92. The van der Waals surface area contributed by atoms with Crippen molar-refractivity contribution >= 4 is 12.2 Å². The highest BCUT2D eigenvalue weighted by molar-refractivity contribution is 5.67. The molecule has 23 heavy (non-hydrogen) atoms. The summed E-state index contributed by atoms with van der Waals surface area (Å²) in [5.41, 5.74) is 1.67. The second-order valence-electron chi connectivity index (χ2n) is 6.16. The van der Waals surface area contributed by atoms with E-state index in [4.69, 9.17) is 4.74 Å². The number of alkyl carbamates (subject to hydrolysis) is 1. The van der Waals surface area contributed by atoms with Gasteiger partial charge >= 0.3 is 6.09 Å². The lowest BCUT2D eigenvalue weighted by atomic mass is 10.2. The molecule has 1 N–H and O–H groups in total. The number of benzene rings is 1. The van der Waals surface area contributed by atoms with Gasteiger partial charge in [0.15, 0.2) is 0 Å². The molecule has 5 nitrogen and oxygen atoms in total. The average molecular weight is 313 g/mol. The highest BCUT2D eigenvalue weighted by Crippen LogP contribution is 2.10. The Kier molecular flexibility index (Phi) is 5.57. The highest BCUT2D eigenvalue weighted by atomic mass is 16.6. The molecule has 0 radical (unpaired) electrons. The molecule has 0 saturated heterocycles. The van der Waals surface area contributed by atoms with E-state index >= 15 is 0 Å². The van der Waals surface area contributed by atoms with E-state index in [9.17, 15) is 4.79 Å². The maximum Gasteiger partial charge on any atom is 0.407 e. The van der Waals surface area contributed by atoms with Crippen molar-refractivity contribution in [2.45, 2.75) is 32.8 Å². The Labute approximate surface area is 137 Å². The maximum absolute atomic E-state index is 11.5. The van der Waals surface area contributed by atoms with E-state index in [1.807, 2.05) is 74.1 Å². The van der Waals surface area contributed by atoms with Crippen LogP contribution in [0.4, 0.5) is 4.79 Å². The minimum Gasteiger partial charge on any atom is -0.444 e. The van der Waals surface area contributed by atoms with Crippen molar-refractivity contribution in [2.75, 3.05) is 6.54 Å². The molecule has 1 aromatic carbocycles. The Hall–Kier alpha value is -2.56. The van der Waals surface area contributed by atoms with Gasteiger partial charge in [-0.2, -0.15) is 5.10 Å². The molecule has 1 heterocycles. The van der Waals surface area contributed by atoms with Crippen LogP contribution in [0.15, 0.2) is 48.8 Å². The van der Waals surface area contributed by atoms with Crippen LogP contribution in [-0.4, -0.2) is 28.0 Å². The first-order chi connectivity index (χ1) is 10.9. The molecule has 0 saturated carbocycles. The predicted octanol–water partition coefficient (Wildman–Crippen LogP) is 3.80. The summed E-state index contributed by atoms with van der Waals surface area (Å²) in [6, 6.07) is 10.0. The fourth-order valence-corrected chi connectivity index (χ4v) is 1.95. The van der Waals surface area contributed by atoms with Crippen molar-refractivity contribution in [3.8, 4) is 5.69 Å². The number of nitrogens with zero attached hydrogens (tertiary/aromatic N) is 2. The van der Waals surface area contributed by atoms with Gasteiger partial charge in [0, 0.05) is 18.9 Å². The van der Waals surface area contributed by atoms with Crippen LogP contribution in [-0.2, 0) is 4.74 Å². The van der Waals surface area contributed by atoms with Crippen LogP contribution in [0.3, 0.4) is 0 Å². The molecule has 1 aromatic heterocycles. The normalized spacial score (nSPS) is 11.6. The maximum atomic E-state index is 11.5. The van der Waals surface area contributed by atoms with Gasteiger partial charge in [-0.15, -0.1) is 0 Å². The molecular formula is C18H23N3O2. The Morgan fingerprint density at radius 3 is 2.65 bits per heavy atom. The van der Waals surface area contributed by atoms with E-state index in [0.29, 0.717) is 6.54 Å². The number of hydrogen-bond donors (Lipinski definition) is 1. The predicted molar refractivity (Wildman–Crippen MR) is 91.5 cm³/mol. The molecule has 0 unspecified atom stereocenters. The number of hydrogen-bond acceptors (Lipinski definition) is 3. The van der Waals surface area contributed by atoms with Gasteiger partial charge in [0.1, 0.15) is 5.60 Å². The highest BCUT2D eigenvalue weighted by Gasteiger charge is 2.15. The molecular weight excluding hydrogens is 290 g/mol. The first kappa shape index (κ1) is 16.8. The van der Waals surface area contributed by atoms with Crippen LogP contribution in [0.5, 0.6) is 0 Å². The van der Waals surface area contributed by atoms with Crippen molar-refractivity contribution < 1.29 is 9.53 Å². The Morgan fingerprint density at radius 2 is 2.04 bits per heavy atom. The summed E-state index contributed by atoms with van der Waals surface area (Å²) in [6.07, 6.45) is 8.09. The first-order valence-corrected chi connectivity index (χ1v) is 7.67. The monoisotopic (exact) mass is 313 g/mol. The molecule has 0 aliphatic rings. The first-order valence-electron chi connectivity index (χ1n) is 7.67. The number of aromatic nitrogens is 2. The van der Waals surface area contributed by atoms with E-state index in [1.54, 1.807) is 6.20 Å². The molecule has 2 rings (SSSR count). The molecule has 0 bridgehead atoms. The third-order valence-corrected chi connectivity index (χ3v) is 2.95. The van der Waals surface area contributed by atoms with Gasteiger partial charge in [0.25, 0.3) is 0 Å². The topological polar surface area (TPSA) is 56.1 Å². The van der Waals surface area contributed by atoms with E-state index in [-0.39, 0.29) is 6.09 Å². The fraction of sp³-hybridized carbons (Fsp3) is 0.333. The smallest absolute Gasteiger partial charge is 0.407 e. The molecule has 122 valence electrons. The van der Waals surface area contributed by atoms with E-state index in [2.05, 4.69) is 10.4 Å². The molecule has 0 atom stereocenters. The number of carbonyl (C=O) groups is 1. The fourth-order valence-electron chi connectivity index (χ4n) is 1.95. The quantitative estimate of drug-likeness (QED) is 0.854. The summed E-state index contributed by atoms with van der Waals surface area (Å²) in [7, 11) is 0. The molecule has 0 aliphatic carbocycles. The minimum atomic E-state index is -0.462. The third kappa shape index (κ3) is 5.98. The van der Waals surface area contributed by atoms with Gasteiger partial charge in [-0.1, -0.05) is 24.3 Å². The van der Waals surface area contributed by atoms with Gasteiger partial charge in [0.05, 0.1) is 5.69 Å². The van der Waals surface area contributed by atoms with Crippen molar-refractivity contribution in [3.63, 3.8) is 0 Å². The molecule has 1 amide bonds. The molecule has 2 aromatic rings. The van der Waals surface area contributed by atoms with Gasteiger partial charge in [-0.25, -0.2) is 9.48 Å². The SMILES string of the molecule is CC(C)(C)OC(=O)NCCC=Cc1ccc(-n2cccn2)cc1. The van der Waals surface area contributed by atoms with E-state index < -0.39 is 5.60 Å². The summed E-state index contributed by atoms with van der Waals surface area (Å²) in [6.45, 7) is 6.09. The Bertz CT molecular complexity index is 638. The summed E-state index contributed by atoms with van der Waals surface area (Å²) >= 11 is 0. The average Bonchev–Trinajstić information content (AvgIpc) is 3.00. The van der Waals surface area contributed by atoms with Gasteiger partial charge in [-0.05, 0) is 51.0 Å². The number of rotatable bonds is 5. The molecule has 0 fully saturated rings. The second kappa shape index (κ2) is 7.63. The lowest BCUT2D eigenvalue weighted by Gasteiger charge is -2.19. The Balaban J connectivity index is 1.75. The number of ether oxygens (including phenoxy) is 1. The van der Waals surface area contributed by atoms with Crippen LogP contribution >= 0.6 is 0 Å². The van der Waals surface area contributed by atoms with Crippen molar-refractivity contribution in [3.05, 3.63) is 54.4 Å². The van der Waals surface area contributed by atoms with Crippen molar-refractivity contribution in [2.24, 2.45) is 0 Å². The van der Waals surface area contributed by atoms with Gasteiger partial charge in [0.2, 0.25) is 0 Å². The zero-order valence-corrected chi connectivity index (χ0v) is 13.8. The number of nitrogens with one attached hydrogen (secondary N) is 1. The summed E-state index contributed by atoms with van der Waals surface area (Å²) in [5.74, 6) is 0. The minimum absolute atomic E-state index is 0.380. The number of carbonyl (C=O) groups excluding carboxylic acids is 1. The molecule has 5 heteroatoms. The lowest BCUT2D eigenvalue weighted by Crippen LogP contribution is -2.32. The van der Waals surface area contributed by atoms with E-state index in [1.165, 1.54) is 0 Å². The largest absolute Gasteiger partial charge is 0.444 e. The van der Waals surface area contributed by atoms with Crippen molar-refractivity contribution in [1.29, 1.82) is 0 Å². The summed E-state index contributed by atoms with van der Waals surface area (Å²) in [4.78, 5) is 11.5. The van der Waals surface area contributed by atoms with Crippen molar-refractivity contribution in [1.82, 2.24) is 15.1 Å². The second-order valence-corrected chi connectivity index (χ2v) is 6.16.